The molecule has 106 valence electrons. The van der Waals surface area contributed by atoms with Gasteiger partial charge in [0.1, 0.15) is 10.9 Å². The number of carboxylic acid groups (broad SMARTS) is 1. The summed E-state index contributed by atoms with van der Waals surface area (Å²) >= 11 is 11.6. The van der Waals surface area contributed by atoms with E-state index in [4.69, 9.17) is 28.3 Å². The molecule has 19 heavy (non-hydrogen) atoms. The lowest BCUT2D eigenvalue weighted by atomic mass is 10.1. The molecule has 0 radical (unpaired) electrons. The van der Waals surface area contributed by atoms with Gasteiger partial charge in [-0.25, -0.2) is 8.42 Å². The molecule has 2 N–H and O–H groups in total. The fourth-order valence-electron chi connectivity index (χ4n) is 1.39. The zero-order valence-corrected chi connectivity index (χ0v) is 12.6. The topological polar surface area (TPSA) is 83.5 Å². The number of aliphatic carboxylic acids is 1. The molecule has 8 heteroatoms. The van der Waals surface area contributed by atoms with E-state index in [2.05, 4.69) is 4.72 Å². The van der Waals surface area contributed by atoms with Gasteiger partial charge >= 0.3 is 5.97 Å². The molecular weight excluding hydrogens is 313 g/mol. The SMILES string of the molecule is CC(C)[C@H](NS(=O)(=O)c1cccc(Cl)c1Cl)C(=O)O. The molecule has 1 atom stereocenters. The van der Waals surface area contributed by atoms with Crippen LogP contribution in [0.4, 0.5) is 0 Å². The van der Waals surface area contributed by atoms with Crippen LogP contribution in [0, 0.1) is 5.92 Å². The monoisotopic (exact) mass is 325 g/mol. The summed E-state index contributed by atoms with van der Waals surface area (Å²) in [6.07, 6.45) is 0. The van der Waals surface area contributed by atoms with E-state index in [-0.39, 0.29) is 14.9 Å². The Morgan fingerprint density at radius 3 is 2.37 bits per heavy atom. The van der Waals surface area contributed by atoms with Crippen molar-refractivity contribution in [3.05, 3.63) is 28.2 Å². The Balaban J connectivity index is 3.18. The minimum atomic E-state index is -4.05. The number of benzene rings is 1. The van der Waals surface area contributed by atoms with Crippen LogP contribution < -0.4 is 4.72 Å². The van der Waals surface area contributed by atoms with E-state index in [0.29, 0.717) is 0 Å². The Hall–Kier alpha value is -0.820. The van der Waals surface area contributed by atoms with Gasteiger partial charge in [0.2, 0.25) is 10.0 Å². The molecule has 0 saturated carbocycles. The molecular formula is C11H13Cl2NO4S. The molecule has 0 aromatic heterocycles. The molecule has 0 aliphatic carbocycles. The average Bonchev–Trinajstić information content (AvgIpc) is 2.28. The Morgan fingerprint density at radius 1 is 1.32 bits per heavy atom. The van der Waals surface area contributed by atoms with Crippen LogP contribution in [-0.4, -0.2) is 25.5 Å². The summed E-state index contributed by atoms with van der Waals surface area (Å²) < 4.78 is 26.3. The Kier molecular flexibility index (Phi) is 5.20. The summed E-state index contributed by atoms with van der Waals surface area (Å²) in [5.74, 6) is -1.66. The van der Waals surface area contributed by atoms with Crippen LogP contribution >= 0.6 is 23.2 Å². The molecule has 0 spiro atoms. The molecule has 5 nitrogen and oxygen atoms in total. The highest BCUT2D eigenvalue weighted by Crippen LogP contribution is 2.29. The second kappa shape index (κ2) is 6.09. The third-order valence-electron chi connectivity index (χ3n) is 2.42. The highest BCUT2D eigenvalue weighted by molar-refractivity contribution is 7.89. The molecule has 0 fully saturated rings. The largest absolute Gasteiger partial charge is 0.480 e. The normalized spacial score (nSPS) is 13.5. The van der Waals surface area contributed by atoms with Crippen molar-refractivity contribution in [1.82, 2.24) is 4.72 Å². The van der Waals surface area contributed by atoms with E-state index in [1.807, 2.05) is 0 Å². The van der Waals surface area contributed by atoms with Gasteiger partial charge < -0.3 is 5.11 Å². The van der Waals surface area contributed by atoms with Crippen LogP contribution in [-0.2, 0) is 14.8 Å². The summed E-state index contributed by atoms with van der Waals surface area (Å²) in [5, 5.41) is 8.94. The van der Waals surface area contributed by atoms with Gasteiger partial charge in [0.15, 0.2) is 0 Å². The van der Waals surface area contributed by atoms with Crippen LogP contribution in [0.1, 0.15) is 13.8 Å². The lowest BCUT2D eigenvalue weighted by molar-refractivity contribution is -0.140. The first-order valence-electron chi connectivity index (χ1n) is 5.36. The quantitative estimate of drug-likeness (QED) is 0.870. The smallest absolute Gasteiger partial charge is 0.322 e. The minimum Gasteiger partial charge on any atom is -0.480 e. The molecule has 0 aliphatic rings. The highest BCUT2D eigenvalue weighted by Gasteiger charge is 2.29. The molecule has 0 bridgehead atoms. The van der Waals surface area contributed by atoms with Gasteiger partial charge in [0, 0.05) is 0 Å². The highest BCUT2D eigenvalue weighted by atomic mass is 35.5. The first-order chi connectivity index (χ1) is 8.66. The molecule has 1 rings (SSSR count). The van der Waals surface area contributed by atoms with Crippen molar-refractivity contribution in [3.8, 4) is 0 Å². The third-order valence-corrected chi connectivity index (χ3v) is 4.83. The van der Waals surface area contributed by atoms with E-state index in [9.17, 15) is 13.2 Å². The Bertz CT molecular complexity index is 586. The van der Waals surface area contributed by atoms with Crippen LogP contribution in [0.25, 0.3) is 0 Å². The lowest BCUT2D eigenvalue weighted by Gasteiger charge is -2.18. The van der Waals surface area contributed by atoms with E-state index >= 15 is 0 Å². The molecule has 0 saturated heterocycles. The fraction of sp³-hybridized carbons (Fsp3) is 0.364. The van der Waals surface area contributed by atoms with Gasteiger partial charge in [0.05, 0.1) is 10.0 Å². The predicted octanol–water partition coefficient (Wildman–Crippen LogP) is 2.38. The fourth-order valence-corrected chi connectivity index (χ4v) is 3.49. The maximum Gasteiger partial charge on any atom is 0.322 e. The first-order valence-corrected chi connectivity index (χ1v) is 7.60. The molecule has 0 heterocycles. The molecule has 0 unspecified atom stereocenters. The number of hydrogen-bond acceptors (Lipinski definition) is 3. The summed E-state index contributed by atoms with van der Waals surface area (Å²) in [7, 11) is -4.05. The molecule has 1 aromatic rings. The Labute approximate surface area is 121 Å². The van der Waals surface area contributed by atoms with Crippen molar-refractivity contribution in [2.75, 3.05) is 0 Å². The molecule has 0 amide bonds. The second-order valence-corrected chi connectivity index (χ2v) is 6.70. The number of halogens is 2. The zero-order chi connectivity index (χ0) is 14.8. The van der Waals surface area contributed by atoms with Gasteiger partial charge in [-0.1, -0.05) is 43.1 Å². The first kappa shape index (κ1) is 16.2. The third kappa shape index (κ3) is 3.82. The maximum absolute atomic E-state index is 12.1. The standard InChI is InChI=1S/C11H13Cl2NO4S/c1-6(2)10(11(15)16)14-19(17,18)8-5-3-4-7(12)9(8)13/h3-6,10,14H,1-2H3,(H,15,16)/t10-/m0/s1. The van der Waals surface area contributed by atoms with E-state index in [0.717, 1.165) is 0 Å². The summed E-state index contributed by atoms with van der Waals surface area (Å²) in [4.78, 5) is 10.8. The van der Waals surface area contributed by atoms with E-state index in [1.165, 1.54) is 18.2 Å². The van der Waals surface area contributed by atoms with Crippen molar-refractivity contribution in [1.29, 1.82) is 0 Å². The van der Waals surface area contributed by atoms with E-state index < -0.39 is 28.0 Å². The van der Waals surface area contributed by atoms with E-state index in [1.54, 1.807) is 13.8 Å². The van der Waals surface area contributed by atoms with Crippen molar-refractivity contribution < 1.29 is 18.3 Å². The number of sulfonamides is 1. The van der Waals surface area contributed by atoms with Gasteiger partial charge in [-0.3, -0.25) is 4.79 Å². The lowest BCUT2D eigenvalue weighted by Crippen LogP contribution is -2.44. The van der Waals surface area contributed by atoms with Gasteiger partial charge in [-0.15, -0.1) is 0 Å². The summed E-state index contributed by atoms with van der Waals surface area (Å²) in [5.41, 5.74) is 0. The van der Waals surface area contributed by atoms with Crippen LogP contribution in [0.3, 0.4) is 0 Å². The number of hydrogen-bond donors (Lipinski definition) is 2. The maximum atomic E-state index is 12.1. The van der Waals surface area contributed by atoms with Gasteiger partial charge in [-0.05, 0) is 18.1 Å². The molecule has 1 aromatic carbocycles. The van der Waals surface area contributed by atoms with Crippen molar-refractivity contribution >= 4 is 39.2 Å². The predicted molar refractivity (Wildman–Crippen MR) is 73.0 cm³/mol. The Morgan fingerprint density at radius 2 is 1.89 bits per heavy atom. The zero-order valence-electron chi connectivity index (χ0n) is 10.2. The van der Waals surface area contributed by atoms with Crippen molar-refractivity contribution in [3.63, 3.8) is 0 Å². The van der Waals surface area contributed by atoms with Crippen LogP contribution in [0.5, 0.6) is 0 Å². The molecule has 0 aliphatic heterocycles. The minimum absolute atomic E-state index is 0.0842. The average molecular weight is 326 g/mol. The number of nitrogens with one attached hydrogen (secondary N) is 1. The number of carboxylic acids is 1. The summed E-state index contributed by atoms with van der Waals surface area (Å²) in [6.45, 7) is 3.20. The number of rotatable bonds is 5. The number of carbonyl (C=O) groups is 1. The van der Waals surface area contributed by atoms with Crippen LogP contribution in [0.2, 0.25) is 10.0 Å². The summed E-state index contributed by atoms with van der Waals surface area (Å²) in [6, 6.07) is 2.89. The van der Waals surface area contributed by atoms with Crippen molar-refractivity contribution in [2.24, 2.45) is 5.92 Å². The van der Waals surface area contributed by atoms with Gasteiger partial charge in [0.25, 0.3) is 0 Å². The second-order valence-electron chi connectivity index (χ2n) is 4.23. The van der Waals surface area contributed by atoms with Gasteiger partial charge in [-0.2, -0.15) is 4.72 Å². The van der Waals surface area contributed by atoms with Crippen LogP contribution in [0.15, 0.2) is 23.1 Å². The van der Waals surface area contributed by atoms with Crippen molar-refractivity contribution in [2.45, 2.75) is 24.8 Å².